The lowest BCUT2D eigenvalue weighted by molar-refractivity contribution is 0.200. The van der Waals surface area contributed by atoms with Gasteiger partial charge >= 0.3 is 0 Å². The van der Waals surface area contributed by atoms with Gasteiger partial charge in [-0.25, -0.2) is 0 Å². The van der Waals surface area contributed by atoms with Crippen LogP contribution in [0.4, 0.5) is 0 Å². The van der Waals surface area contributed by atoms with Crippen LogP contribution in [0.2, 0.25) is 0 Å². The van der Waals surface area contributed by atoms with Crippen molar-refractivity contribution in [2.75, 3.05) is 26.2 Å². The molecular formula is C19H28N6. The van der Waals surface area contributed by atoms with E-state index < -0.39 is 0 Å². The summed E-state index contributed by atoms with van der Waals surface area (Å²) < 4.78 is 2.25. The summed E-state index contributed by atoms with van der Waals surface area (Å²) in [7, 11) is 2.14. The molecule has 2 saturated heterocycles. The molecule has 25 heavy (non-hydrogen) atoms. The highest BCUT2D eigenvalue weighted by molar-refractivity contribution is 5.09. The zero-order valence-electron chi connectivity index (χ0n) is 15.1. The Morgan fingerprint density at radius 2 is 1.76 bits per heavy atom. The predicted molar refractivity (Wildman–Crippen MR) is 97.0 cm³/mol. The maximum atomic E-state index is 4.55. The molecule has 0 spiro atoms. The first-order chi connectivity index (χ1) is 12.3. The van der Waals surface area contributed by atoms with Gasteiger partial charge in [0.25, 0.3) is 0 Å². The molecule has 0 N–H and O–H groups in total. The van der Waals surface area contributed by atoms with Crippen molar-refractivity contribution in [2.45, 2.75) is 44.7 Å². The Bertz CT molecular complexity index is 668. The third-order valence-corrected chi connectivity index (χ3v) is 5.64. The highest BCUT2D eigenvalue weighted by Crippen LogP contribution is 2.27. The van der Waals surface area contributed by atoms with Crippen LogP contribution in [-0.2, 0) is 20.1 Å². The molecule has 2 fully saturated rings. The number of nitrogens with zero attached hydrogens (tertiary/aromatic N) is 6. The summed E-state index contributed by atoms with van der Waals surface area (Å²) in [6.07, 6.45) is 8.77. The summed E-state index contributed by atoms with van der Waals surface area (Å²) in [5.41, 5.74) is 1.30. The molecular weight excluding hydrogens is 312 g/mol. The fourth-order valence-corrected chi connectivity index (χ4v) is 4.11. The molecule has 0 atom stereocenters. The summed E-state index contributed by atoms with van der Waals surface area (Å²) in [5.74, 6) is 2.83. The Balaban J connectivity index is 1.33. The largest absolute Gasteiger partial charge is 0.317 e. The van der Waals surface area contributed by atoms with Crippen molar-refractivity contribution < 1.29 is 0 Å². The normalized spacial score (nSPS) is 20.4. The van der Waals surface area contributed by atoms with E-state index in [-0.39, 0.29) is 0 Å². The molecule has 4 rings (SSSR count). The standard InChI is InChI=1S/C19H28N6/c1-23-18(15-24-9-2-3-10-24)21-22-19(23)17-6-11-25(12-7-17)14-16-5-4-8-20-13-16/h4-5,8,13,17H,2-3,6-7,9-12,14-15H2,1H3. The van der Waals surface area contributed by atoms with Crippen molar-refractivity contribution in [1.29, 1.82) is 0 Å². The van der Waals surface area contributed by atoms with Gasteiger partial charge in [0.2, 0.25) is 0 Å². The monoisotopic (exact) mass is 340 g/mol. The smallest absolute Gasteiger partial charge is 0.146 e. The van der Waals surface area contributed by atoms with E-state index >= 15 is 0 Å². The molecule has 6 heteroatoms. The Kier molecular flexibility index (Phi) is 5.08. The van der Waals surface area contributed by atoms with E-state index in [1.54, 1.807) is 0 Å². The number of likely N-dealkylation sites (tertiary alicyclic amines) is 2. The van der Waals surface area contributed by atoms with Crippen LogP contribution in [0.1, 0.15) is 48.8 Å². The van der Waals surface area contributed by atoms with Crippen LogP contribution < -0.4 is 0 Å². The van der Waals surface area contributed by atoms with Gasteiger partial charge in [-0.15, -0.1) is 10.2 Å². The lowest BCUT2D eigenvalue weighted by atomic mass is 9.95. The lowest BCUT2D eigenvalue weighted by Crippen LogP contribution is -2.33. The molecule has 2 aliphatic rings. The van der Waals surface area contributed by atoms with Crippen LogP contribution in [0.25, 0.3) is 0 Å². The molecule has 2 aromatic heterocycles. The molecule has 0 aromatic carbocycles. The van der Waals surface area contributed by atoms with E-state index in [0.717, 1.165) is 44.8 Å². The van der Waals surface area contributed by atoms with Crippen LogP contribution in [0.15, 0.2) is 24.5 Å². The Morgan fingerprint density at radius 1 is 1.00 bits per heavy atom. The summed E-state index contributed by atoms with van der Waals surface area (Å²) >= 11 is 0. The molecule has 0 unspecified atom stereocenters. The zero-order valence-corrected chi connectivity index (χ0v) is 15.1. The van der Waals surface area contributed by atoms with Crippen molar-refractivity contribution in [3.05, 3.63) is 41.7 Å². The molecule has 0 aliphatic carbocycles. The first-order valence-electron chi connectivity index (χ1n) is 9.51. The van der Waals surface area contributed by atoms with Crippen molar-refractivity contribution in [2.24, 2.45) is 7.05 Å². The molecule has 0 amide bonds. The maximum absolute atomic E-state index is 4.55. The van der Waals surface area contributed by atoms with E-state index in [1.165, 1.54) is 37.3 Å². The fourth-order valence-electron chi connectivity index (χ4n) is 4.11. The fraction of sp³-hybridized carbons (Fsp3) is 0.632. The summed E-state index contributed by atoms with van der Waals surface area (Å²) in [6, 6.07) is 4.18. The minimum Gasteiger partial charge on any atom is -0.317 e. The van der Waals surface area contributed by atoms with Gasteiger partial charge in [-0.2, -0.15) is 0 Å². The van der Waals surface area contributed by atoms with Crippen molar-refractivity contribution in [1.82, 2.24) is 29.5 Å². The lowest BCUT2D eigenvalue weighted by Gasteiger charge is -2.31. The third-order valence-electron chi connectivity index (χ3n) is 5.64. The number of pyridine rings is 1. The van der Waals surface area contributed by atoms with E-state index in [1.807, 2.05) is 18.5 Å². The van der Waals surface area contributed by atoms with Gasteiger partial charge in [0.05, 0.1) is 6.54 Å². The van der Waals surface area contributed by atoms with Crippen LogP contribution in [0.3, 0.4) is 0 Å². The van der Waals surface area contributed by atoms with Gasteiger partial charge < -0.3 is 4.57 Å². The number of aromatic nitrogens is 4. The highest BCUT2D eigenvalue weighted by Gasteiger charge is 2.26. The number of rotatable bonds is 5. The molecule has 0 bridgehead atoms. The molecule has 2 aliphatic heterocycles. The van der Waals surface area contributed by atoms with Gasteiger partial charge in [-0.1, -0.05) is 6.07 Å². The van der Waals surface area contributed by atoms with Crippen molar-refractivity contribution in [3.8, 4) is 0 Å². The van der Waals surface area contributed by atoms with Gasteiger partial charge in [0.1, 0.15) is 11.6 Å². The second kappa shape index (κ2) is 7.62. The second-order valence-electron chi connectivity index (χ2n) is 7.43. The first kappa shape index (κ1) is 16.7. The van der Waals surface area contributed by atoms with Gasteiger partial charge in [-0.05, 0) is 63.5 Å². The Morgan fingerprint density at radius 3 is 2.48 bits per heavy atom. The average molecular weight is 340 g/mol. The van der Waals surface area contributed by atoms with Gasteiger partial charge in [0.15, 0.2) is 0 Å². The number of hydrogen-bond acceptors (Lipinski definition) is 5. The van der Waals surface area contributed by atoms with Crippen molar-refractivity contribution >= 4 is 0 Å². The van der Waals surface area contributed by atoms with Crippen LogP contribution in [0, 0.1) is 0 Å². The van der Waals surface area contributed by atoms with Crippen molar-refractivity contribution in [3.63, 3.8) is 0 Å². The van der Waals surface area contributed by atoms with Crippen LogP contribution in [0.5, 0.6) is 0 Å². The van der Waals surface area contributed by atoms with E-state index in [2.05, 4.69) is 42.7 Å². The van der Waals surface area contributed by atoms with E-state index in [0.29, 0.717) is 5.92 Å². The zero-order chi connectivity index (χ0) is 17.1. The molecule has 0 radical (unpaired) electrons. The second-order valence-corrected chi connectivity index (χ2v) is 7.43. The van der Waals surface area contributed by atoms with Crippen LogP contribution >= 0.6 is 0 Å². The Labute approximate surface area is 149 Å². The minimum absolute atomic E-state index is 0.537. The topological polar surface area (TPSA) is 50.1 Å². The van der Waals surface area contributed by atoms with Gasteiger partial charge in [-0.3, -0.25) is 14.8 Å². The minimum atomic E-state index is 0.537. The molecule has 0 saturated carbocycles. The van der Waals surface area contributed by atoms with E-state index in [4.69, 9.17) is 0 Å². The number of hydrogen-bond donors (Lipinski definition) is 0. The van der Waals surface area contributed by atoms with Crippen LogP contribution in [-0.4, -0.2) is 55.7 Å². The first-order valence-corrected chi connectivity index (χ1v) is 9.51. The highest BCUT2D eigenvalue weighted by atomic mass is 15.3. The summed E-state index contributed by atoms with van der Waals surface area (Å²) in [6.45, 7) is 6.59. The van der Waals surface area contributed by atoms with E-state index in [9.17, 15) is 0 Å². The third kappa shape index (κ3) is 3.90. The Hall–Kier alpha value is -1.79. The SMILES string of the molecule is Cn1c(CN2CCCC2)nnc1C1CCN(Cc2cccnc2)CC1. The molecule has 4 heterocycles. The molecule has 134 valence electrons. The summed E-state index contributed by atoms with van der Waals surface area (Å²) in [5, 5.41) is 9.04. The summed E-state index contributed by atoms with van der Waals surface area (Å²) in [4.78, 5) is 9.23. The predicted octanol–water partition coefficient (Wildman–Crippen LogP) is 2.19. The maximum Gasteiger partial charge on any atom is 0.146 e. The number of piperidine rings is 1. The quantitative estimate of drug-likeness (QED) is 0.835. The molecule has 6 nitrogen and oxygen atoms in total. The van der Waals surface area contributed by atoms with Gasteiger partial charge in [0, 0.05) is 31.9 Å². The molecule has 2 aromatic rings. The average Bonchev–Trinajstić information content (AvgIpc) is 3.28.